The summed E-state index contributed by atoms with van der Waals surface area (Å²) in [4.78, 5) is 2.47. The fraction of sp³-hybridized carbons (Fsp3) is 1.00. The quantitative estimate of drug-likeness (QED) is 0.673. The first-order valence-electron chi connectivity index (χ1n) is 6.37. The number of nitrogens with zero attached hydrogens (tertiary/aromatic N) is 1. The zero-order valence-corrected chi connectivity index (χ0v) is 12.7. The SMILES string of the molecule is CSCC(C)N(C)CC(C)CNCC(C)C. The molecule has 0 aliphatic carbocycles. The summed E-state index contributed by atoms with van der Waals surface area (Å²) >= 11 is 1.93. The predicted molar refractivity (Wildman–Crippen MR) is 77.3 cm³/mol. The molecule has 0 heterocycles. The minimum Gasteiger partial charge on any atom is -0.316 e. The first kappa shape index (κ1) is 16.3. The van der Waals surface area contributed by atoms with Gasteiger partial charge >= 0.3 is 0 Å². The molecule has 2 nitrogen and oxygen atoms in total. The second kappa shape index (κ2) is 9.32. The van der Waals surface area contributed by atoms with Crippen LogP contribution in [0, 0.1) is 11.8 Å². The van der Waals surface area contributed by atoms with Crippen molar-refractivity contribution in [3.05, 3.63) is 0 Å². The van der Waals surface area contributed by atoms with Crippen LogP contribution in [0.4, 0.5) is 0 Å². The van der Waals surface area contributed by atoms with Crippen LogP contribution in [0.1, 0.15) is 27.7 Å². The van der Waals surface area contributed by atoms with E-state index in [1.54, 1.807) is 0 Å². The number of rotatable bonds is 9. The Kier molecular flexibility index (Phi) is 9.47. The van der Waals surface area contributed by atoms with Gasteiger partial charge in [-0.1, -0.05) is 20.8 Å². The van der Waals surface area contributed by atoms with Crippen molar-refractivity contribution in [3.63, 3.8) is 0 Å². The summed E-state index contributed by atoms with van der Waals surface area (Å²) in [6.45, 7) is 12.6. The van der Waals surface area contributed by atoms with E-state index in [2.05, 4.69) is 51.2 Å². The highest BCUT2D eigenvalue weighted by Gasteiger charge is 2.11. The van der Waals surface area contributed by atoms with E-state index in [-0.39, 0.29) is 0 Å². The average molecular weight is 246 g/mol. The molecular weight excluding hydrogens is 216 g/mol. The molecule has 16 heavy (non-hydrogen) atoms. The van der Waals surface area contributed by atoms with E-state index in [1.165, 1.54) is 12.3 Å². The molecule has 0 radical (unpaired) electrons. The van der Waals surface area contributed by atoms with Crippen LogP contribution in [0.15, 0.2) is 0 Å². The van der Waals surface area contributed by atoms with Gasteiger partial charge in [0.05, 0.1) is 0 Å². The zero-order valence-electron chi connectivity index (χ0n) is 11.9. The summed E-state index contributed by atoms with van der Waals surface area (Å²) in [7, 11) is 2.24. The molecule has 98 valence electrons. The van der Waals surface area contributed by atoms with Crippen LogP contribution < -0.4 is 5.32 Å². The van der Waals surface area contributed by atoms with Crippen molar-refractivity contribution in [2.75, 3.05) is 38.7 Å². The molecule has 2 unspecified atom stereocenters. The zero-order chi connectivity index (χ0) is 12.6. The van der Waals surface area contributed by atoms with Crippen LogP contribution in [0.25, 0.3) is 0 Å². The standard InChI is InChI=1S/C13H30N2S/c1-11(2)7-14-8-12(3)9-15(5)13(4)10-16-6/h11-14H,7-10H2,1-6H3. The van der Waals surface area contributed by atoms with Crippen LogP contribution >= 0.6 is 11.8 Å². The van der Waals surface area contributed by atoms with E-state index in [1.807, 2.05) is 11.8 Å². The molecule has 0 fully saturated rings. The summed E-state index contributed by atoms with van der Waals surface area (Å²) < 4.78 is 0. The van der Waals surface area contributed by atoms with Gasteiger partial charge in [0.1, 0.15) is 0 Å². The minimum atomic E-state index is 0.683. The Hall–Kier alpha value is 0.270. The first-order valence-corrected chi connectivity index (χ1v) is 7.76. The molecule has 2 atom stereocenters. The van der Waals surface area contributed by atoms with Crippen molar-refractivity contribution in [2.45, 2.75) is 33.7 Å². The van der Waals surface area contributed by atoms with Gasteiger partial charge in [-0.2, -0.15) is 11.8 Å². The maximum atomic E-state index is 3.53. The van der Waals surface area contributed by atoms with Crippen molar-refractivity contribution < 1.29 is 0 Å². The monoisotopic (exact) mass is 246 g/mol. The minimum absolute atomic E-state index is 0.683. The second-order valence-electron chi connectivity index (χ2n) is 5.40. The van der Waals surface area contributed by atoms with E-state index in [0.29, 0.717) is 6.04 Å². The largest absolute Gasteiger partial charge is 0.316 e. The van der Waals surface area contributed by atoms with E-state index < -0.39 is 0 Å². The lowest BCUT2D eigenvalue weighted by molar-refractivity contribution is 0.236. The number of thioether (sulfide) groups is 1. The molecule has 0 rings (SSSR count). The highest BCUT2D eigenvalue weighted by molar-refractivity contribution is 7.98. The molecule has 0 aromatic heterocycles. The van der Waals surface area contributed by atoms with Gasteiger partial charge in [0.15, 0.2) is 0 Å². The summed E-state index contributed by atoms with van der Waals surface area (Å²) in [5, 5.41) is 3.53. The molecule has 0 saturated carbocycles. The Labute approximate surface area is 107 Å². The molecule has 0 amide bonds. The molecule has 0 spiro atoms. The van der Waals surface area contributed by atoms with Crippen molar-refractivity contribution in [2.24, 2.45) is 11.8 Å². The van der Waals surface area contributed by atoms with Gasteiger partial charge in [-0.25, -0.2) is 0 Å². The molecule has 3 heteroatoms. The lowest BCUT2D eigenvalue weighted by Crippen LogP contribution is -2.37. The Morgan fingerprint density at radius 2 is 1.75 bits per heavy atom. The van der Waals surface area contributed by atoms with Gasteiger partial charge in [-0.3, -0.25) is 0 Å². The van der Waals surface area contributed by atoms with E-state index in [0.717, 1.165) is 24.9 Å². The Balaban J connectivity index is 3.64. The van der Waals surface area contributed by atoms with Gasteiger partial charge in [0, 0.05) is 18.3 Å². The molecule has 1 N–H and O–H groups in total. The Morgan fingerprint density at radius 3 is 2.25 bits per heavy atom. The molecule has 0 aromatic rings. The number of hydrogen-bond donors (Lipinski definition) is 1. The first-order chi connectivity index (χ1) is 7.47. The lowest BCUT2D eigenvalue weighted by atomic mass is 10.1. The van der Waals surface area contributed by atoms with Crippen LogP contribution in [-0.2, 0) is 0 Å². The topological polar surface area (TPSA) is 15.3 Å². The molecule has 0 aromatic carbocycles. The van der Waals surface area contributed by atoms with Crippen molar-refractivity contribution >= 4 is 11.8 Å². The predicted octanol–water partition coefficient (Wildman–Crippen LogP) is 2.55. The molecule has 0 saturated heterocycles. The van der Waals surface area contributed by atoms with E-state index in [4.69, 9.17) is 0 Å². The number of hydrogen-bond acceptors (Lipinski definition) is 3. The third-order valence-corrected chi connectivity index (χ3v) is 3.62. The number of nitrogens with one attached hydrogen (secondary N) is 1. The summed E-state index contributed by atoms with van der Waals surface area (Å²) in [6, 6.07) is 0.683. The fourth-order valence-corrected chi connectivity index (χ4v) is 2.46. The Morgan fingerprint density at radius 1 is 1.12 bits per heavy atom. The van der Waals surface area contributed by atoms with E-state index in [9.17, 15) is 0 Å². The smallest absolute Gasteiger partial charge is 0.0155 e. The highest BCUT2D eigenvalue weighted by atomic mass is 32.2. The van der Waals surface area contributed by atoms with Crippen molar-refractivity contribution in [1.82, 2.24) is 10.2 Å². The third kappa shape index (κ3) is 8.43. The van der Waals surface area contributed by atoms with Crippen molar-refractivity contribution in [3.8, 4) is 0 Å². The molecule has 0 aliphatic heterocycles. The average Bonchev–Trinajstić information content (AvgIpc) is 2.17. The summed E-state index contributed by atoms with van der Waals surface area (Å²) in [5.41, 5.74) is 0. The summed E-state index contributed by atoms with van der Waals surface area (Å²) in [6.07, 6.45) is 2.18. The lowest BCUT2D eigenvalue weighted by Gasteiger charge is -2.27. The van der Waals surface area contributed by atoms with Gasteiger partial charge in [-0.15, -0.1) is 0 Å². The van der Waals surface area contributed by atoms with E-state index >= 15 is 0 Å². The van der Waals surface area contributed by atoms with Crippen LogP contribution in [0.2, 0.25) is 0 Å². The Bertz CT molecular complexity index is 162. The van der Waals surface area contributed by atoms with Gasteiger partial charge < -0.3 is 10.2 Å². The molecule has 0 bridgehead atoms. The van der Waals surface area contributed by atoms with Gasteiger partial charge in [0.2, 0.25) is 0 Å². The maximum absolute atomic E-state index is 3.53. The maximum Gasteiger partial charge on any atom is 0.0155 e. The van der Waals surface area contributed by atoms with Gasteiger partial charge in [-0.05, 0) is 45.2 Å². The highest BCUT2D eigenvalue weighted by Crippen LogP contribution is 2.06. The van der Waals surface area contributed by atoms with Crippen LogP contribution in [0.5, 0.6) is 0 Å². The molecule has 0 aliphatic rings. The van der Waals surface area contributed by atoms with Gasteiger partial charge in [0.25, 0.3) is 0 Å². The summed E-state index contributed by atoms with van der Waals surface area (Å²) in [5.74, 6) is 2.70. The van der Waals surface area contributed by atoms with Crippen LogP contribution in [-0.4, -0.2) is 49.6 Å². The second-order valence-corrected chi connectivity index (χ2v) is 6.31. The van der Waals surface area contributed by atoms with Crippen LogP contribution in [0.3, 0.4) is 0 Å². The third-order valence-electron chi connectivity index (χ3n) is 2.81. The van der Waals surface area contributed by atoms with Crippen molar-refractivity contribution in [1.29, 1.82) is 0 Å². The normalized spacial score (nSPS) is 15.8. The fourth-order valence-electron chi connectivity index (χ4n) is 1.72. The molecular formula is C13H30N2S.